The number of thiazole rings is 1. The van der Waals surface area contributed by atoms with Crippen LogP contribution in [0.3, 0.4) is 0 Å². The Balaban J connectivity index is 1.76. The van der Waals surface area contributed by atoms with Gasteiger partial charge in [0.1, 0.15) is 0 Å². The van der Waals surface area contributed by atoms with Crippen LogP contribution in [0.1, 0.15) is 30.3 Å². The van der Waals surface area contributed by atoms with Crippen molar-refractivity contribution in [3.63, 3.8) is 0 Å². The Bertz CT molecular complexity index is 952. The Kier molecular flexibility index (Phi) is 4.90. The van der Waals surface area contributed by atoms with Crippen molar-refractivity contribution in [2.75, 3.05) is 5.32 Å². The fourth-order valence-corrected chi connectivity index (χ4v) is 3.13. The number of hydrogen-bond acceptors (Lipinski definition) is 6. The zero-order valence-electron chi connectivity index (χ0n) is 14.7. The summed E-state index contributed by atoms with van der Waals surface area (Å²) in [5.41, 5.74) is 3.33. The number of anilines is 1. The van der Waals surface area contributed by atoms with Crippen LogP contribution < -0.4 is 5.32 Å². The highest BCUT2D eigenvalue weighted by atomic mass is 32.1. The highest BCUT2D eigenvalue weighted by molar-refractivity contribution is 7.13. The van der Waals surface area contributed by atoms with Gasteiger partial charge in [0.2, 0.25) is 5.91 Å². The molecular weight excluding hydrogens is 352 g/mol. The largest absolute Gasteiger partial charge is 0.302 e. The van der Waals surface area contributed by atoms with Crippen molar-refractivity contribution >= 4 is 40.0 Å². The first kappa shape index (κ1) is 17.9. The van der Waals surface area contributed by atoms with E-state index in [9.17, 15) is 9.59 Å². The Labute approximate surface area is 154 Å². The van der Waals surface area contributed by atoms with Crippen LogP contribution in [0.4, 0.5) is 5.13 Å². The van der Waals surface area contributed by atoms with E-state index in [0.717, 1.165) is 17.0 Å². The van der Waals surface area contributed by atoms with E-state index in [1.165, 1.54) is 16.0 Å². The second-order valence-corrected chi connectivity index (χ2v) is 6.73. The van der Waals surface area contributed by atoms with Gasteiger partial charge in [0.15, 0.2) is 5.13 Å². The second kappa shape index (κ2) is 7.12. The average molecular weight is 370 g/mol. The maximum absolute atomic E-state index is 12.1. The molecule has 0 radical (unpaired) electrons. The van der Waals surface area contributed by atoms with Crippen LogP contribution in [0.5, 0.6) is 0 Å². The molecule has 9 heteroatoms. The first-order valence-electron chi connectivity index (χ1n) is 7.99. The van der Waals surface area contributed by atoms with Gasteiger partial charge in [-0.2, -0.15) is 10.1 Å². The molecule has 2 amide bonds. The van der Waals surface area contributed by atoms with E-state index in [0.29, 0.717) is 23.7 Å². The Morgan fingerprint density at radius 3 is 2.73 bits per heavy atom. The normalized spacial score (nSPS) is 14.3. The topological polar surface area (TPSA) is 102 Å². The maximum Gasteiger partial charge on any atom is 0.281 e. The summed E-state index contributed by atoms with van der Waals surface area (Å²) in [6.07, 6.45) is 2.46. The summed E-state index contributed by atoms with van der Waals surface area (Å²) < 4.78 is 1.54. The number of aliphatic imine (C=N–C) groups is 2. The minimum Gasteiger partial charge on any atom is -0.302 e. The number of hydrogen-bond donors (Lipinski definition) is 1. The molecule has 1 N–H and O–H groups in total. The molecule has 0 aliphatic carbocycles. The average Bonchev–Trinajstić information content (AvgIpc) is 3.19. The van der Waals surface area contributed by atoms with Gasteiger partial charge in [-0.3, -0.25) is 9.59 Å². The number of nitrogens with one attached hydrogen (secondary N) is 1. The fraction of sp³-hybridized carbons (Fsp3) is 0.294. The lowest BCUT2D eigenvalue weighted by molar-refractivity contribution is -0.116. The van der Waals surface area contributed by atoms with Crippen LogP contribution in [-0.2, 0) is 16.0 Å². The quantitative estimate of drug-likeness (QED) is 0.834. The Hall–Kier alpha value is -2.94. The molecule has 0 aromatic carbocycles. The van der Waals surface area contributed by atoms with Crippen LogP contribution in [0.2, 0.25) is 0 Å². The molecule has 0 spiro atoms. The van der Waals surface area contributed by atoms with E-state index in [4.69, 9.17) is 0 Å². The summed E-state index contributed by atoms with van der Waals surface area (Å²) in [5.74, 6) is -0.301. The molecule has 0 atom stereocenters. The zero-order chi connectivity index (χ0) is 18.8. The zero-order valence-corrected chi connectivity index (χ0v) is 15.6. The van der Waals surface area contributed by atoms with Gasteiger partial charge >= 0.3 is 0 Å². The van der Waals surface area contributed by atoms with Crippen LogP contribution >= 0.6 is 11.3 Å². The monoisotopic (exact) mass is 370 g/mol. The molecule has 0 bridgehead atoms. The lowest BCUT2D eigenvalue weighted by atomic mass is 10.1. The SMILES string of the molecule is C=C1C(=O)N=C(n2nc(C)c(CCC(=O)Nc3nccs3)c2C)N=C1C. The number of amides is 2. The number of aryl methyl sites for hydroxylation is 1. The molecule has 2 aromatic rings. The van der Waals surface area contributed by atoms with E-state index in [1.54, 1.807) is 18.5 Å². The van der Waals surface area contributed by atoms with E-state index in [2.05, 4.69) is 32.0 Å². The van der Waals surface area contributed by atoms with Crippen LogP contribution in [0, 0.1) is 13.8 Å². The van der Waals surface area contributed by atoms with Gasteiger partial charge in [0.25, 0.3) is 11.9 Å². The summed E-state index contributed by atoms with van der Waals surface area (Å²) in [5, 5.41) is 9.58. The van der Waals surface area contributed by atoms with Crippen LogP contribution in [0.15, 0.2) is 33.7 Å². The highest BCUT2D eigenvalue weighted by Gasteiger charge is 2.22. The van der Waals surface area contributed by atoms with Gasteiger partial charge < -0.3 is 5.32 Å². The van der Waals surface area contributed by atoms with Gasteiger partial charge in [-0.05, 0) is 32.8 Å². The number of aromatic nitrogens is 3. The van der Waals surface area contributed by atoms with Crippen molar-refractivity contribution in [1.82, 2.24) is 14.8 Å². The van der Waals surface area contributed by atoms with Gasteiger partial charge in [-0.15, -0.1) is 11.3 Å². The van der Waals surface area contributed by atoms with Crippen molar-refractivity contribution in [1.29, 1.82) is 0 Å². The predicted molar refractivity (Wildman–Crippen MR) is 101 cm³/mol. The molecular formula is C17H18N6O2S. The predicted octanol–water partition coefficient (Wildman–Crippen LogP) is 2.29. The summed E-state index contributed by atoms with van der Waals surface area (Å²) in [6.45, 7) is 9.11. The van der Waals surface area contributed by atoms with Crippen LogP contribution in [-0.4, -0.2) is 38.3 Å². The molecule has 1 aliphatic heterocycles. The minimum atomic E-state index is -0.413. The number of rotatable bonds is 4. The van der Waals surface area contributed by atoms with E-state index >= 15 is 0 Å². The lowest BCUT2D eigenvalue weighted by Gasteiger charge is -2.11. The summed E-state index contributed by atoms with van der Waals surface area (Å²) in [6, 6.07) is 0. The number of nitrogens with zero attached hydrogens (tertiary/aromatic N) is 5. The Morgan fingerprint density at radius 1 is 1.31 bits per heavy atom. The van der Waals surface area contributed by atoms with Crippen molar-refractivity contribution in [3.8, 4) is 0 Å². The van der Waals surface area contributed by atoms with Gasteiger partial charge in [0, 0.05) is 23.7 Å². The van der Waals surface area contributed by atoms with E-state index < -0.39 is 5.91 Å². The molecule has 8 nitrogen and oxygen atoms in total. The standard InChI is InChI=1S/C17H18N6O2S/c1-9-10(2)19-16(21-15(9)25)23-12(4)13(11(3)22-23)5-6-14(24)20-17-18-7-8-26-17/h7-8H,1,5-6H2,2-4H3,(H,18,20,24). The molecule has 0 unspecified atom stereocenters. The molecule has 134 valence electrons. The first-order valence-corrected chi connectivity index (χ1v) is 8.87. The second-order valence-electron chi connectivity index (χ2n) is 5.84. The summed E-state index contributed by atoms with van der Waals surface area (Å²) in [4.78, 5) is 36.2. The van der Waals surface area contributed by atoms with Crippen molar-refractivity contribution in [3.05, 3.63) is 40.7 Å². The third-order valence-corrected chi connectivity index (χ3v) is 4.76. The van der Waals surface area contributed by atoms with Gasteiger partial charge in [0.05, 0.1) is 17.0 Å². The molecule has 3 heterocycles. The number of carbonyl (C=O) groups is 2. The molecule has 26 heavy (non-hydrogen) atoms. The molecule has 0 fully saturated rings. The van der Waals surface area contributed by atoms with Crippen molar-refractivity contribution < 1.29 is 9.59 Å². The van der Waals surface area contributed by atoms with E-state index in [-0.39, 0.29) is 17.4 Å². The molecule has 0 saturated carbocycles. The number of carbonyl (C=O) groups excluding carboxylic acids is 2. The van der Waals surface area contributed by atoms with E-state index in [1.807, 2.05) is 13.8 Å². The third kappa shape index (κ3) is 3.52. The molecule has 0 saturated heterocycles. The molecule has 2 aromatic heterocycles. The van der Waals surface area contributed by atoms with Gasteiger partial charge in [-0.25, -0.2) is 14.7 Å². The van der Waals surface area contributed by atoms with Crippen molar-refractivity contribution in [2.24, 2.45) is 9.98 Å². The highest BCUT2D eigenvalue weighted by Crippen LogP contribution is 2.18. The van der Waals surface area contributed by atoms with Gasteiger partial charge in [-0.1, -0.05) is 6.58 Å². The lowest BCUT2D eigenvalue weighted by Crippen LogP contribution is -2.23. The smallest absolute Gasteiger partial charge is 0.281 e. The minimum absolute atomic E-state index is 0.109. The Morgan fingerprint density at radius 2 is 2.08 bits per heavy atom. The molecule has 1 aliphatic rings. The first-order chi connectivity index (χ1) is 12.4. The molecule has 3 rings (SSSR count). The summed E-state index contributed by atoms with van der Waals surface area (Å²) >= 11 is 1.37. The summed E-state index contributed by atoms with van der Waals surface area (Å²) in [7, 11) is 0. The van der Waals surface area contributed by atoms with Crippen molar-refractivity contribution in [2.45, 2.75) is 33.6 Å². The van der Waals surface area contributed by atoms with Crippen LogP contribution in [0.25, 0.3) is 0 Å². The fourth-order valence-electron chi connectivity index (χ4n) is 2.59. The third-order valence-electron chi connectivity index (χ3n) is 4.08. The maximum atomic E-state index is 12.1.